The molecule has 0 fully saturated rings. The Morgan fingerprint density at radius 3 is 3.00 bits per heavy atom. The number of carbonyl (C=O) groups is 1. The number of nitrogens with zero attached hydrogens (tertiary/aromatic N) is 2. The third-order valence-corrected chi connectivity index (χ3v) is 2.41. The normalized spacial score (nSPS) is 10.4. The summed E-state index contributed by atoms with van der Waals surface area (Å²) in [5, 5.41) is 0.847. The first-order valence-corrected chi connectivity index (χ1v) is 5.09. The minimum absolute atomic E-state index is 0.352. The van der Waals surface area contributed by atoms with Crippen molar-refractivity contribution >= 4 is 17.0 Å². The van der Waals surface area contributed by atoms with E-state index in [4.69, 9.17) is 4.74 Å². The van der Waals surface area contributed by atoms with E-state index in [9.17, 15) is 4.79 Å². The highest BCUT2D eigenvalue weighted by molar-refractivity contribution is 5.94. The van der Waals surface area contributed by atoms with E-state index in [0.717, 1.165) is 11.1 Å². The van der Waals surface area contributed by atoms with Gasteiger partial charge in [-0.15, -0.1) is 0 Å². The Kier molecular flexibility index (Phi) is 2.81. The van der Waals surface area contributed by atoms with Crippen LogP contribution in [0.15, 0.2) is 24.4 Å². The van der Waals surface area contributed by atoms with Gasteiger partial charge in [0.15, 0.2) is 5.65 Å². The van der Waals surface area contributed by atoms with E-state index in [1.54, 1.807) is 12.3 Å². The van der Waals surface area contributed by atoms with Crippen LogP contribution in [0.5, 0.6) is 0 Å². The Morgan fingerprint density at radius 2 is 2.31 bits per heavy atom. The Labute approximate surface area is 93.3 Å². The Morgan fingerprint density at radius 1 is 1.50 bits per heavy atom. The molecule has 2 heterocycles. The van der Waals surface area contributed by atoms with Crippen LogP contribution in [0.1, 0.15) is 23.0 Å². The van der Waals surface area contributed by atoms with Crippen LogP contribution in [0.2, 0.25) is 0 Å². The van der Waals surface area contributed by atoms with E-state index in [-0.39, 0.29) is 5.97 Å². The first-order chi connectivity index (χ1) is 7.76. The standard InChI is InChI=1S/C12H12N2O2/c1-3-10-9(12(15)16-2)7-8-5-4-6-13-11(8)14-10/h4-7H,3H2,1-2H3. The molecule has 0 saturated heterocycles. The number of pyridine rings is 2. The van der Waals surface area contributed by atoms with Crippen LogP contribution < -0.4 is 0 Å². The van der Waals surface area contributed by atoms with Gasteiger partial charge < -0.3 is 4.74 Å². The second-order valence-corrected chi connectivity index (χ2v) is 3.38. The van der Waals surface area contributed by atoms with Crippen LogP contribution in [0, 0.1) is 0 Å². The molecule has 0 aliphatic rings. The van der Waals surface area contributed by atoms with E-state index in [1.807, 2.05) is 19.1 Å². The van der Waals surface area contributed by atoms with Crippen molar-refractivity contribution in [2.75, 3.05) is 7.11 Å². The number of aromatic nitrogens is 2. The fraction of sp³-hybridized carbons (Fsp3) is 0.250. The van der Waals surface area contributed by atoms with Gasteiger partial charge >= 0.3 is 5.97 Å². The Balaban J connectivity index is 2.67. The van der Waals surface area contributed by atoms with Crippen molar-refractivity contribution < 1.29 is 9.53 Å². The summed E-state index contributed by atoms with van der Waals surface area (Å²) in [6.07, 6.45) is 2.36. The number of fused-ring (bicyclic) bond motifs is 1. The molecule has 0 spiro atoms. The number of hydrogen-bond donors (Lipinski definition) is 0. The molecular weight excluding hydrogens is 204 g/mol. The summed E-state index contributed by atoms with van der Waals surface area (Å²) < 4.78 is 4.73. The number of aryl methyl sites for hydroxylation is 1. The van der Waals surface area contributed by atoms with Gasteiger partial charge in [0.25, 0.3) is 0 Å². The number of esters is 1. The highest BCUT2D eigenvalue weighted by atomic mass is 16.5. The number of methoxy groups -OCH3 is 1. The van der Waals surface area contributed by atoms with Gasteiger partial charge in [0.1, 0.15) is 0 Å². The maximum atomic E-state index is 11.6. The molecule has 0 atom stereocenters. The van der Waals surface area contributed by atoms with Crippen LogP contribution in [0.4, 0.5) is 0 Å². The molecule has 2 aromatic heterocycles. The molecular formula is C12H12N2O2. The van der Waals surface area contributed by atoms with Gasteiger partial charge in [-0.05, 0) is 24.6 Å². The van der Waals surface area contributed by atoms with E-state index >= 15 is 0 Å². The van der Waals surface area contributed by atoms with Gasteiger partial charge in [-0.2, -0.15) is 0 Å². The summed E-state index contributed by atoms with van der Waals surface area (Å²) in [5.41, 5.74) is 1.90. The largest absolute Gasteiger partial charge is 0.465 e. The molecule has 16 heavy (non-hydrogen) atoms. The minimum Gasteiger partial charge on any atom is -0.465 e. The number of rotatable bonds is 2. The van der Waals surface area contributed by atoms with Gasteiger partial charge in [-0.3, -0.25) is 0 Å². The Hall–Kier alpha value is -1.97. The lowest BCUT2D eigenvalue weighted by molar-refractivity contribution is 0.0599. The molecule has 82 valence electrons. The van der Waals surface area contributed by atoms with Crippen molar-refractivity contribution in [2.45, 2.75) is 13.3 Å². The molecule has 0 saturated carbocycles. The predicted octanol–water partition coefficient (Wildman–Crippen LogP) is 1.98. The topological polar surface area (TPSA) is 52.1 Å². The summed E-state index contributed by atoms with van der Waals surface area (Å²) in [4.78, 5) is 20.1. The van der Waals surface area contributed by atoms with Crippen molar-refractivity contribution in [3.05, 3.63) is 35.7 Å². The summed E-state index contributed by atoms with van der Waals surface area (Å²) >= 11 is 0. The third kappa shape index (κ3) is 1.74. The fourth-order valence-corrected chi connectivity index (χ4v) is 1.60. The molecule has 0 amide bonds. The zero-order valence-electron chi connectivity index (χ0n) is 9.23. The molecule has 0 aliphatic carbocycles. The average molecular weight is 216 g/mol. The summed E-state index contributed by atoms with van der Waals surface area (Å²) in [7, 11) is 1.37. The highest BCUT2D eigenvalue weighted by Crippen LogP contribution is 2.16. The summed E-state index contributed by atoms with van der Waals surface area (Å²) in [5.74, 6) is -0.352. The second kappa shape index (κ2) is 4.26. The SMILES string of the molecule is CCc1nc2ncccc2cc1C(=O)OC. The van der Waals surface area contributed by atoms with Gasteiger partial charge in [0, 0.05) is 11.6 Å². The van der Waals surface area contributed by atoms with Crippen LogP contribution in [0.25, 0.3) is 11.0 Å². The molecule has 2 aromatic rings. The van der Waals surface area contributed by atoms with Crippen molar-refractivity contribution in [1.82, 2.24) is 9.97 Å². The van der Waals surface area contributed by atoms with E-state index in [2.05, 4.69) is 9.97 Å². The van der Waals surface area contributed by atoms with Crippen molar-refractivity contribution in [3.63, 3.8) is 0 Å². The monoisotopic (exact) mass is 216 g/mol. The zero-order valence-corrected chi connectivity index (χ0v) is 9.23. The maximum Gasteiger partial charge on any atom is 0.339 e. The zero-order chi connectivity index (χ0) is 11.5. The third-order valence-electron chi connectivity index (χ3n) is 2.41. The average Bonchev–Trinajstić information content (AvgIpc) is 2.36. The fourth-order valence-electron chi connectivity index (χ4n) is 1.60. The lowest BCUT2D eigenvalue weighted by atomic mass is 10.1. The quantitative estimate of drug-likeness (QED) is 0.720. The predicted molar refractivity (Wildman–Crippen MR) is 60.3 cm³/mol. The lowest BCUT2D eigenvalue weighted by Gasteiger charge is -2.06. The highest BCUT2D eigenvalue weighted by Gasteiger charge is 2.13. The number of ether oxygens (including phenoxy) is 1. The summed E-state index contributed by atoms with van der Waals surface area (Å²) in [6, 6.07) is 5.47. The van der Waals surface area contributed by atoms with Gasteiger partial charge in [-0.1, -0.05) is 6.92 Å². The van der Waals surface area contributed by atoms with Crippen LogP contribution in [-0.2, 0) is 11.2 Å². The summed E-state index contributed by atoms with van der Waals surface area (Å²) in [6.45, 7) is 1.95. The Bertz CT molecular complexity index is 538. The van der Waals surface area contributed by atoms with Crippen molar-refractivity contribution in [1.29, 1.82) is 0 Å². The lowest BCUT2D eigenvalue weighted by Crippen LogP contribution is -2.07. The van der Waals surface area contributed by atoms with Gasteiger partial charge in [0.05, 0.1) is 18.4 Å². The van der Waals surface area contributed by atoms with Gasteiger partial charge in [0.2, 0.25) is 0 Å². The van der Waals surface area contributed by atoms with E-state index < -0.39 is 0 Å². The first kappa shape index (κ1) is 10.5. The second-order valence-electron chi connectivity index (χ2n) is 3.38. The molecule has 0 unspecified atom stereocenters. The smallest absolute Gasteiger partial charge is 0.339 e. The maximum absolute atomic E-state index is 11.6. The first-order valence-electron chi connectivity index (χ1n) is 5.09. The van der Waals surface area contributed by atoms with Crippen LogP contribution in [-0.4, -0.2) is 23.0 Å². The molecule has 0 aromatic carbocycles. The minimum atomic E-state index is -0.352. The number of carbonyl (C=O) groups excluding carboxylic acids is 1. The molecule has 0 aliphatic heterocycles. The molecule has 4 nitrogen and oxygen atoms in total. The molecule has 0 radical (unpaired) electrons. The van der Waals surface area contributed by atoms with Crippen molar-refractivity contribution in [2.24, 2.45) is 0 Å². The van der Waals surface area contributed by atoms with E-state index in [1.165, 1.54) is 7.11 Å². The molecule has 0 N–H and O–H groups in total. The van der Waals surface area contributed by atoms with E-state index in [0.29, 0.717) is 17.6 Å². The molecule has 2 rings (SSSR count). The molecule has 4 heteroatoms. The van der Waals surface area contributed by atoms with Crippen LogP contribution >= 0.6 is 0 Å². The number of hydrogen-bond acceptors (Lipinski definition) is 4. The molecule has 0 bridgehead atoms. The van der Waals surface area contributed by atoms with Crippen molar-refractivity contribution in [3.8, 4) is 0 Å². The van der Waals surface area contributed by atoms with Crippen LogP contribution in [0.3, 0.4) is 0 Å². The van der Waals surface area contributed by atoms with Gasteiger partial charge in [-0.25, -0.2) is 14.8 Å².